The summed E-state index contributed by atoms with van der Waals surface area (Å²) in [5.41, 5.74) is 2.10. The molecule has 1 heterocycles. The molecule has 0 saturated carbocycles. The summed E-state index contributed by atoms with van der Waals surface area (Å²) in [4.78, 5) is 16.4. The minimum absolute atomic E-state index is 0.291. The van der Waals surface area contributed by atoms with E-state index in [1.165, 1.54) is 25.7 Å². The zero-order valence-electron chi connectivity index (χ0n) is 16.8. The van der Waals surface area contributed by atoms with Crippen LogP contribution in [-0.4, -0.2) is 18.5 Å². The molecule has 29 heavy (non-hydrogen) atoms. The van der Waals surface area contributed by atoms with Crippen LogP contribution in [0.3, 0.4) is 0 Å². The smallest absolute Gasteiger partial charge is 0.363 e. The zero-order chi connectivity index (χ0) is 20.3. The van der Waals surface area contributed by atoms with Gasteiger partial charge >= 0.3 is 5.97 Å². The molecule has 0 atom stereocenters. The molecule has 0 aromatic heterocycles. The molecule has 0 fully saturated rings. The van der Waals surface area contributed by atoms with Crippen LogP contribution in [0.1, 0.15) is 50.2 Å². The Morgan fingerprint density at radius 2 is 1.72 bits per heavy atom. The summed E-state index contributed by atoms with van der Waals surface area (Å²) in [6, 6.07) is 17.4. The number of hydrogen-bond donors (Lipinski definition) is 0. The summed E-state index contributed by atoms with van der Waals surface area (Å²) in [7, 11) is 0. The number of benzene rings is 2. The first-order valence-corrected chi connectivity index (χ1v) is 10.2. The Balaban J connectivity index is 1.55. The van der Waals surface area contributed by atoms with Crippen LogP contribution in [0.25, 0.3) is 6.08 Å². The third kappa shape index (κ3) is 6.46. The summed E-state index contributed by atoms with van der Waals surface area (Å²) >= 11 is 0. The number of nitrogens with zero attached hydrogens (tertiary/aromatic N) is 1. The van der Waals surface area contributed by atoms with Crippen molar-refractivity contribution in [1.29, 1.82) is 0 Å². The van der Waals surface area contributed by atoms with Gasteiger partial charge in [-0.25, -0.2) is 9.79 Å². The Bertz CT molecular complexity index is 880. The summed E-state index contributed by atoms with van der Waals surface area (Å²) in [5.74, 6) is 0.696. The molecular formula is C25H27NO3. The van der Waals surface area contributed by atoms with E-state index in [0.29, 0.717) is 11.6 Å². The van der Waals surface area contributed by atoms with E-state index >= 15 is 0 Å². The summed E-state index contributed by atoms with van der Waals surface area (Å²) in [5, 5.41) is 0. The van der Waals surface area contributed by atoms with E-state index in [0.717, 1.165) is 29.9 Å². The van der Waals surface area contributed by atoms with E-state index in [4.69, 9.17) is 9.47 Å². The molecule has 2 aromatic rings. The molecule has 4 nitrogen and oxygen atoms in total. The monoisotopic (exact) mass is 389 g/mol. The van der Waals surface area contributed by atoms with E-state index in [1.807, 2.05) is 60.7 Å². The molecule has 0 N–H and O–H groups in total. The predicted octanol–water partition coefficient (Wildman–Crippen LogP) is 5.94. The van der Waals surface area contributed by atoms with Gasteiger partial charge in [-0.05, 0) is 42.3 Å². The largest absolute Gasteiger partial charge is 0.494 e. The molecular weight excluding hydrogens is 362 g/mol. The standard InChI is InChI=1S/C25H27NO3/c1-2-3-4-5-9-19-28-22-17-15-21(16-18-22)24-26-23(25(27)29-24)14-10-13-20-11-7-6-8-12-20/h6-8,10-18H,2-5,9,19H2,1H3/b13-10+,23-14-. The van der Waals surface area contributed by atoms with E-state index in [2.05, 4.69) is 11.9 Å². The zero-order valence-corrected chi connectivity index (χ0v) is 16.8. The van der Waals surface area contributed by atoms with E-state index in [-0.39, 0.29) is 0 Å². The molecule has 0 spiro atoms. The lowest BCUT2D eigenvalue weighted by atomic mass is 10.2. The van der Waals surface area contributed by atoms with Gasteiger partial charge in [0, 0.05) is 5.56 Å². The number of esters is 1. The van der Waals surface area contributed by atoms with Crippen molar-refractivity contribution >= 4 is 17.9 Å². The minimum atomic E-state index is -0.440. The van der Waals surface area contributed by atoms with Crippen LogP contribution >= 0.6 is 0 Å². The van der Waals surface area contributed by atoms with Crippen molar-refractivity contribution in [3.63, 3.8) is 0 Å². The normalized spacial score (nSPS) is 15.0. The Kier molecular flexibility index (Phi) is 7.81. The first-order chi connectivity index (χ1) is 14.3. The molecule has 1 aliphatic rings. The highest BCUT2D eigenvalue weighted by atomic mass is 16.6. The van der Waals surface area contributed by atoms with Crippen LogP contribution in [0.4, 0.5) is 0 Å². The minimum Gasteiger partial charge on any atom is -0.494 e. The Labute approximate surface area is 172 Å². The van der Waals surface area contributed by atoms with E-state index in [1.54, 1.807) is 12.2 Å². The molecule has 0 aliphatic carbocycles. The molecule has 0 unspecified atom stereocenters. The van der Waals surface area contributed by atoms with Crippen LogP contribution in [-0.2, 0) is 9.53 Å². The Morgan fingerprint density at radius 1 is 0.966 bits per heavy atom. The fourth-order valence-electron chi connectivity index (χ4n) is 2.95. The topological polar surface area (TPSA) is 47.9 Å². The van der Waals surface area contributed by atoms with Crippen molar-refractivity contribution in [2.45, 2.75) is 39.0 Å². The molecule has 150 valence electrons. The molecule has 2 aromatic carbocycles. The van der Waals surface area contributed by atoms with Gasteiger partial charge in [0.2, 0.25) is 5.90 Å². The van der Waals surface area contributed by atoms with Crippen LogP contribution < -0.4 is 4.74 Å². The number of hydrogen-bond acceptors (Lipinski definition) is 4. The maximum Gasteiger partial charge on any atom is 0.363 e. The van der Waals surface area contributed by atoms with Gasteiger partial charge in [0.05, 0.1) is 6.61 Å². The first kappa shape index (κ1) is 20.6. The van der Waals surface area contributed by atoms with Crippen molar-refractivity contribution in [2.75, 3.05) is 6.61 Å². The highest BCUT2D eigenvalue weighted by Gasteiger charge is 2.23. The van der Waals surface area contributed by atoms with Gasteiger partial charge < -0.3 is 9.47 Å². The number of unbranched alkanes of at least 4 members (excludes halogenated alkanes) is 4. The number of ether oxygens (including phenoxy) is 2. The highest BCUT2D eigenvalue weighted by molar-refractivity contribution is 6.11. The van der Waals surface area contributed by atoms with Gasteiger partial charge in [0.1, 0.15) is 5.75 Å². The lowest BCUT2D eigenvalue weighted by Gasteiger charge is -2.07. The van der Waals surface area contributed by atoms with Crippen LogP contribution in [0.2, 0.25) is 0 Å². The average molecular weight is 389 g/mol. The summed E-state index contributed by atoms with van der Waals surface area (Å²) in [6.45, 7) is 2.93. The lowest BCUT2D eigenvalue weighted by molar-refractivity contribution is -0.130. The van der Waals surface area contributed by atoms with Crippen molar-refractivity contribution < 1.29 is 14.3 Å². The maximum absolute atomic E-state index is 12.1. The molecule has 0 saturated heterocycles. The molecule has 4 heteroatoms. The van der Waals surface area contributed by atoms with Gasteiger partial charge in [0.25, 0.3) is 0 Å². The fraction of sp³-hybridized carbons (Fsp3) is 0.280. The van der Waals surface area contributed by atoms with Gasteiger partial charge in [-0.15, -0.1) is 0 Å². The quantitative estimate of drug-likeness (QED) is 0.287. The number of cyclic esters (lactones) is 1. The fourth-order valence-corrected chi connectivity index (χ4v) is 2.95. The van der Waals surface area contributed by atoms with E-state index < -0.39 is 5.97 Å². The Morgan fingerprint density at radius 3 is 2.48 bits per heavy atom. The third-order valence-electron chi connectivity index (χ3n) is 4.58. The molecule has 0 amide bonds. The van der Waals surface area contributed by atoms with Gasteiger partial charge in [-0.2, -0.15) is 0 Å². The highest BCUT2D eigenvalue weighted by Crippen LogP contribution is 2.19. The molecule has 0 bridgehead atoms. The first-order valence-electron chi connectivity index (χ1n) is 10.2. The lowest BCUT2D eigenvalue weighted by Crippen LogP contribution is -2.05. The van der Waals surface area contributed by atoms with Crippen molar-refractivity contribution in [1.82, 2.24) is 0 Å². The second kappa shape index (κ2) is 11.0. The second-order valence-corrected chi connectivity index (χ2v) is 6.92. The number of aliphatic imine (C=N–C) groups is 1. The van der Waals surface area contributed by atoms with Crippen molar-refractivity contribution in [3.8, 4) is 5.75 Å². The van der Waals surface area contributed by atoms with Crippen molar-refractivity contribution in [3.05, 3.63) is 83.6 Å². The predicted molar refractivity (Wildman–Crippen MR) is 117 cm³/mol. The molecule has 1 aliphatic heterocycles. The van der Waals surface area contributed by atoms with Gasteiger partial charge in [-0.3, -0.25) is 0 Å². The number of rotatable bonds is 10. The molecule has 3 rings (SSSR count). The number of carbonyl (C=O) groups is 1. The number of carbonyl (C=O) groups excluding carboxylic acids is 1. The van der Waals surface area contributed by atoms with Crippen LogP contribution in [0.5, 0.6) is 5.75 Å². The SMILES string of the molecule is CCCCCCCOc1ccc(C2=N/C(=C\C=C\c3ccccc3)C(=O)O2)cc1. The summed E-state index contributed by atoms with van der Waals surface area (Å²) < 4.78 is 11.1. The van der Waals surface area contributed by atoms with Gasteiger partial charge in [0.15, 0.2) is 5.70 Å². The summed E-state index contributed by atoms with van der Waals surface area (Å²) in [6.07, 6.45) is 11.4. The number of allylic oxidation sites excluding steroid dienone is 2. The maximum atomic E-state index is 12.1. The molecule has 0 radical (unpaired) electrons. The third-order valence-corrected chi connectivity index (χ3v) is 4.58. The average Bonchev–Trinajstić information content (AvgIpc) is 3.12. The Hall–Kier alpha value is -3.14. The van der Waals surface area contributed by atoms with Crippen LogP contribution in [0.15, 0.2) is 77.4 Å². The van der Waals surface area contributed by atoms with Crippen LogP contribution in [0, 0.1) is 0 Å². The van der Waals surface area contributed by atoms with Crippen molar-refractivity contribution in [2.24, 2.45) is 4.99 Å². The van der Waals surface area contributed by atoms with Gasteiger partial charge in [-0.1, -0.05) is 75.1 Å². The second-order valence-electron chi connectivity index (χ2n) is 6.92. The van der Waals surface area contributed by atoms with E-state index in [9.17, 15) is 4.79 Å².